The highest BCUT2D eigenvalue weighted by atomic mass is 28.4. The normalized spacial score (nSPS) is 19.7. The van der Waals surface area contributed by atoms with Crippen molar-refractivity contribution < 1.29 is 28.3 Å². The van der Waals surface area contributed by atoms with Gasteiger partial charge in [-0.05, 0) is 43.5 Å². The third kappa shape index (κ3) is 5.97. The van der Waals surface area contributed by atoms with Crippen molar-refractivity contribution in [3.8, 4) is 0 Å². The number of benzene rings is 1. The fourth-order valence-corrected chi connectivity index (χ4v) is 5.32. The molecule has 1 amide bonds. The van der Waals surface area contributed by atoms with Crippen LogP contribution in [-0.2, 0) is 34.9 Å². The first-order valence-electron chi connectivity index (χ1n) is 12.6. The molecule has 0 saturated heterocycles. The van der Waals surface area contributed by atoms with Crippen LogP contribution in [0.2, 0.25) is 18.1 Å². The molecule has 1 aliphatic carbocycles. The summed E-state index contributed by atoms with van der Waals surface area (Å²) in [5, 5.41) is -0.207. The molecule has 35 heavy (non-hydrogen) atoms. The van der Waals surface area contributed by atoms with Gasteiger partial charge in [-0.1, -0.05) is 70.4 Å². The standard InChI is InChI=1S/C27H39NO6Si/c1-7-32-25(30)21-22(26(31)33-18-19-14-10-8-11-15-19)28(20-16-12-9-13-17-20)24(29)23(21)34-35(5,6)27(2,3)4/h8,10-11,14-15,20,22H,7,9,12-13,16-18H2,1-6H3. The number of esters is 2. The molecule has 1 unspecified atom stereocenters. The molecule has 1 aliphatic heterocycles. The summed E-state index contributed by atoms with van der Waals surface area (Å²) >= 11 is 0. The quantitative estimate of drug-likeness (QED) is 0.364. The van der Waals surface area contributed by atoms with Gasteiger partial charge in [0.2, 0.25) is 0 Å². The molecule has 1 aromatic carbocycles. The Kier molecular flexibility index (Phi) is 8.46. The molecule has 0 N–H and O–H groups in total. The zero-order chi connectivity index (χ0) is 25.8. The second-order valence-corrected chi connectivity index (χ2v) is 15.6. The van der Waals surface area contributed by atoms with E-state index in [-0.39, 0.29) is 35.6 Å². The maximum Gasteiger partial charge on any atom is 0.340 e. The van der Waals surface area contributed by atoms with Crippen molar-refractivity contribution >= 4 is 26.2 Å². The second kappa shape index (κ2) is 11.0. The summed E-state index contributed by atoms with van der Waals surface area (Å²) in [4.78, 5) is 42.2. The molecule has 7 nitrogen and oxygen atoms in total. The smallest absolute Gasteiger partial charge is 0.340 e. The molecule has 1 heterocycles. The zero-order valence-corrected chi connectivity index (χ0v) is 22.9. The van der Waals surface area contributed by atoms with Crippen molar-refractivity contribution in [3.63, 3.8) is 0 Å². The average Bonchev–Trinajstić information content (AvgIpc) is 3.10. The minimum atomic E-state index is -2.50. The highest BCUT2D eigenvalue weighted by molar-refractivity contribution is 6.74. The van der Waals surface area contributed by atoms with E-state index < -0.39 is 32.2 Å². The van der Waals surface area contributed by atoms with Gasteiger partial charge in [-0.25, -0.2) is 9.59 Å². The molecule has 1 saturated carbocycles. The average molecular weight is 502 g/mol. The monoisotopic (exact) mass is 501 g/mol. The van der Waals surface area contributed by atoms with Crippen LogP contribution in [0, 0.1) is 0 Å². The van der Waals surface area contributed by atoms with Crippen LogP contribution in [0.1, 0.15) is 65.4 Å². The second-order valence-electron chi connectivity index (χ2n) is 10.8. The predicted molar refractivity (Wildman–Crippen MR) is 136 cm³/mol. The number of nitrogens with zero attached hydrogens (tertiary/aromatic N) is 1. The summed E-state index contributed by atoms with van der Waals surface area (Å²) in [5.41, 5.74) is 0.805. The summed E-state index contributed by atoms with van der Waals surface area (Å²) < 4.78 is 17.4. The van der Waals surface area contributed by atoms with Gasteiger partial charge in [-0.2, -0.15) is 0 Å². The molecular weight excluding hydrogens is 462 g/mol. The van der Waals surface area contributed by atoms with Crippen molar-refractivity contribution in [2.24, 2.45) is 0 Å². The lowest BCUT2D eigenvalue weighted by Gasteiger charge is -2.37. The van der Waals surface area contributed by atoms with Gasteiger partial charge in [0.25, 0.3) is 14.2 Å². The minimum absolute atomic E-state index is 0.0229. The summed E-state index contributed by atoms with van der Waals surface area (Å²) in [6.45, 7) is 12.1. The van der Waals surface area contributed by atoms with E-state index in [0.717, 1.165) is 37.7 Å². The number of ether oxygens (including phenoxy) is 2. The molecule has 8 heteroatoms. The molecule has 0 radical (unpaired) electrons. The fraction of sp³-hybridized carbons (Fsp3) is 0.593. The van der Waals surface area contributed by atoms with Crippen molar-refractivity contribution in [2.75, 3.05) is 6.61 Å². The highest BCUT2D eigenvalue weighted by Crippen LogP contribution is 2.42. The first-order valence-corrected chi connectivity index (χ1v) is 15.5. The van der Waals surface area contributed by atoms with Gasteiger partial charge in [0.1, 0.15) is 12.2 Å². The molecule has 1 aromatic rings. The Morgan fingerprint density at radius 2 is 1.66 bits per heavy atom. The van der Waals surface area contributed by atoms with E-state index in [1.54, 1.807) is 11.8 Å². The predicted octanol–water partition coefficient (Wildman–Crippen LogP) is 5.11. The van der Waals surface area contributed by atoms with Crippen LogP contribution in [0.3, 0.4) is 0 Å². The minimum Gasteiger partial charge on any atom is -0.539 e. The lowest BCUT2D eigenvalue weighted by molar-refractivity contribution is -0.156. The molecular formula is C27H39NO6Si. The lowest BCUT2D eigenvalue weighted by Crippen LogP contribution is -2.50. The van der Waals surface area contributed by atoms with Crippen LogP contribution in [0.4, 0.5) is 0 Å². The van der Waals surface area contributed by atoms with Crippen molar-refractivity contribution in [3.05, 3.63) is 47.2 Å². The van der Waals surface area contributed by atoms with Gasteiger partial charge in [-0.3, -0.25) is 4.79 Å². The first kappa shape index (κ1) is 27.0. The Morgan fingerprint density at radius 3 is 2.23 bits per heavy atom. The molecule has 1 atom stereocenters. The maximum absolute atomic E-state index is 13.9. The molecule has 1 fully saturated rings. The Hall–Kier alpha value is -2.61. The van der Waals surface area contributed by atoms with E-state index in [9.17, 15) is 14.4 Å². The molecule has 3 rings (SSSR count). The number of carbonyl (C=O) groups excluding carboxylic acids is 3. The zero-order valence-electron chi connectivity index (χ0n) is 21.9. The van der Waals surface area contributed by atoms with E-state index in [1.165, 1.54) is 0 Å². The van der Waals surface area contributed by atoms with Crippen LogP contribution < -0.4 is 0 Å². The van der Waals surface area contributed by atoms with Crippen LogP contribution >= 0.6 is 0 Å². The van der Waals surface area contributed by atoms with Gasteiger partial charge in [0.05, 0.1) is 6.61 Å². The summed E-state index contributed by atoms with van der Waals surface area (Å²) in [6.07, 6.45) is 4.57. The van der Waals surface area contributed by atoms with E-state index in [2.05, 4.69) is 20.8 Å². The van der Waals surface area contributed by atoms with Crippen molar-refractivity contribution in [2.45, 2.75) is 96.6 Å². The number of rotatable bonds is 8. The van der Waals surface area contributed by atoms with Crippen LogP contribution in [0.25, 0.3) is 0 Å². The molecule has 0 bridgehead atoms. The van der Waals surface area contributed by atoms with E-state index in [0.29, 0.717) is 0 Å². The Bertz CT molecular complexity index is 960. The maximum atomic E-state index is 13.9. The van der Waals surface area contributed by atoms with E-state index in [1.807, 2.05) is 43.4 Å². The highest BCUT2D eigenvalue weighted by Gasteiger charge is 2.54. The summed E-state index contributed by atoms with van der Waals surface area (Å²) in [5.74, 6) is -1.78. The number of hydrogen-bond donors (Lipinski definition) is 0. The van der Waals surface area contributed by atoms with Gasteiger partial charge >= 0.3 is 11.9 Å². The van der Waals surface area contributed by atoms with E-state index in [4.69, 9.17) is 13.9 Å². The summed E-state index contributed by atoms with van der Waals surface area (Å²) in [6, 6.07) is 8.01. The Morgan fingerprint density at radius 1 is 1.03 bits per heavy atom. The number of amides is 1. The third-order valence-electron chi connectivity index (χ3n) is 7.30. The Balaban J connectivity index is 2.04. The summed E-state index contributed by atoms with van der Waals surface area (Å²) in [7, 11) is -2.50. The lowest BCUT2D eigenvalue weighted by atomic mass is 9.93. The van der Waals surface area contributed by atoms with Crippen molar-refractivity contribution in [1.29, 1.82) is 0 Å². The first-order chi connectivity index (χ1) is 16.5. The van der Waals surface area contributed by atoms with Crippen LogP contribution in [0.5, 0.6) is 0 Å². The number of carbonyl (C=O) groups is 3. The fourth-order valence-electron chi connectivity index (χ4n) is 4.31. The Labute approximate surface area is 209 Å². The largest absolute Gasteiger partial charge is 0.539 e. The third-order valence-corrected chi connectivity index (χ3v) is 11.6. The van der Waals surface area contributed by atoms with E-state index >= 15 is 0 Å². The van der Waals surface area contributed by atoms with Crippen LogP contribution in [0.15, 0.2) is 41.7 Å². The van der Waals surface area contributed by atoms with Gasteiger partial charge < -0.3 is 18.8 Å². The van der Waals surface area contributed by atoms with Gasteiger partial charge in [-0.15, -0.1) is 0 Å². The van der Waals surface area contributed by atoms with Crippen molar-refractivity contribution in [1.82, 2.24) is 4.90 Å². The van der Waals surface area contributed by atoms with Gasteiger partial charge in [0.15, 0.2) is 11.8 Å². The van der Waals surface area contributed by atoms with Gasteiger partial charge in [0, 0.05) is 6.04 Å². The molecule has 192 valence electrons. The molecule has 0 aromatic heterocycles. The SMILES string of the molecule is CCOC(=O)C1=C(O[Si](C)(C)C(C)(C)C)C(=O)N(C2CCCCC2)C1C(=O)OCc1ccccc1. The topological polar surface area (TPSA) is 82.1 Å². The number of hydrogen-bond acceptors (Lipinski definition) is 6. The van der Waals surface area contributed by atoms with Crippen LogP contribution in [-0.4, -0.2) is 49.8 Å². The molecule has 2 aliphatic rings. The molecule has 0 spiro atoms.